The van der Waals surface area contributed by atoms with Crippen LogP contribution in [0.2, 0.25) is 0 Å². The molecule has 88 valence electrons. The molecule has 6 nitrogen and oxygen atoms in total. The summed E-state index contributed by atoms with van der Waals surface area (Å²) in [6.07, 6.45) is 0.399. The molecule has 0 aliphatic heterocycles. The molecule has 0 unspecified atom stereocenters. The second-order valence-electron chi connectivity index (χ2n) is 3.30. The highest BCUT2D eigenvalue weighted by atomic mass is 32.1. The highest BCUT2D eigenvalue weighted by Crippen LogP contribution is 2.28. The molecule has 0 spiro atoms. The average Bonchev–Trinajstić information content (AvgIpc) is 2.95. The maximum Gasteiger partial charge on any atom is 0.252 e. The number of nitrogens with one attached hydrogen (secondary N) is 1. The normalized spacial score (nSPS) is 10.2. The molecule has 2 rings (SSSR count). The molecule has 0 aliphatic carbocycles. The molecule has 0 saturated heterocycles. The van der Waals surface area contributed by atoms with E-state index in [1.165, 1.54) is 11.3 Å². The number of aromatic amines is 1. The van der Waals surface area contributed by atoms with E-state index in [2.05, 4.69) is 4.98 Å². The van der Waals surface area contributed by atoms with E-state index in [0.29, 0.717) is 12.1 Å². The molecule has 2 aromatic heterocycles. The molecule has 7 heteroatoms. The zero-order valence-corrected chi connectivity index (χ0v) is 9.53. The van der Waals surface area contributed by atoms with Crippen LogP contribution in [0.4, 0.5) is 5.82 Å². The third-order valence-electron chi connectivity index (χ3n) is 2.22. The molecule has 17 heavy (non-hydrogen) atoms. The van der Waals surface area contributed by atoms with Gasteiger partial charge in [-0.15, -0.1) is 11.3 Å². The minimum absolute atomic E-state index is 0.183. The Bertz CT molecular complexity index is 547. The van der Waals surface area contributed by atoms with Crippen molar-refractivity contribution in [2.45, 2.75) is 0 Å². The third-order valence-corrected chi connectivity index (χ3v) is 3.12. The summed E-state index contributed by atoms with van der Waals surface area (Å²) in [6, 6.07) is 5.34. The molecular weight excluding hydrogens is 240 g/mol. The van der Waals surface area contributed by atoms with E-state index in [-0.39, 0.29) is 11.4 Å². The summed E-state index contributed by atoms with van der Waals surface area (Å²) in [5.41, 5.74) is 6.10. The number of aromatic nitrogens is 1. The van der Waals surface area contributed by atoms with Crippen molar-refractivity contribution in [1.82, 2.24) is 4.98 Å². The van der Waals surface area contributed by atoms with Gasteiger partial charge in [-0.25, -0.2) is 10.9 Å². The number of nitrogens with two attached hydrogens (primary N) is 2. The number of carbonyl (C=O) groups excluding carboxylic acids is 2. The van der Waals surface area contributed by atoms with Crippen molar-refractivity contribution in [3.05, 3.63) is 29.1 Å². The van der Waals surface area contributed by atoms with Crippen LogP contribution in [0.3, 0.4) is 0 Å². The number of hydrazine groups is 1. The van der Waals surface area contributed by atoms with E-state index in [9.17, 15) is 9.59 Å². The largest absolute Gasteiger partial charge is 0.365 e. The van der Waals surface area contributed by atoms with Crippen LogP contribution in [0.5, 0.6) is 0 Å². The zero-order valence-electron chi connectivity index (χ0n) is 8.71. The van der Waals surface area contributed by atoms with Gasteiger partial charge in [-0.05, 0) is 17.5 Å². The highest BCUT2D eigenvalue weighted by molar-refractivity contribution is 7.13. The molecule has 5 N–H and O–H groups in total. The first-order valence-corrected chi connectivity index (χ1v) is 5.57. The van der Waals surface area contributed by atoms with E-state index in [1.54, 1.807) is 6.07 Å². The highest BCUT2D eigenvalue weighted by Gasteiger charge is 2.17. The predicted molar refractivity (Wildman–Crippen MR) is 65.4 cm³/mol. The summed E-state index contributed by atoms with van der Waals surface area (Å²) in [5.74, 6) is 4.98. The fourth-order valence-electron chi connectivity index (χ4n) is 1.45. The molecule has 0 fully saturated rings. The predicted octanol–water partition coefficient (Wildman–Crippen LogP) is 0.679. The van der Waals surface area contributed by atoms with Crippen LogP contribution in [0, 0.1) is 0 Å². The van der Waals surface area contributed by atoms with Gasteiger partial charge in [0.15, 0.2) is 0 Å². The lowest BCUT2D eigenvalue weighted by atomic mass is 10.2. The minimum Gasteiger partial charge on any atom is -0.365 e. The first-order chi connectivity index (χ1) is 8.13. The van der Waals surface area contributed by atoms with Gasteiger partial charge in [0.25, 0.3) is 5.91 Å². The number of hydrogen-bond acceptors (Lipinski definition) is 4. The SMILES string of the molecule is NC(=O)c1cc(-c2cccs2)[nH]c1N(N)C=O. The first kappa shape index (κ1) is 11.4. The Morgan fingerprint density at radius 1 is 1.53 bits per heavy atom. The van der Waals surface area contributed by atoms with Crippen LogP contribution in [0.25, 0.3) is 10.6 Å². The molecule has 0 bridgehead atoms. The van der Waals surface area contributed by atoms with Crippen LogP contribution < -0.4 is 16.6 Å². The fourth-order valence-corrected chi connectivity index (χ4v) is 2.15. The topological polar surface area (TPSA) is 105 Å². The Labute approximate surface area is 101 Å². The number of primary amides is 1. The lowest BCUT2D eigenvalue weighted by Crippen LogP contribution is -2.31. The molecule has 0 aromatic carbocycles. The number of anilines is 1. The van der Waals surface area contributed by atoms with E-state index < -0.39 is 5.91 Å². The number of rotatable bonds is 4. The van der Waals surface area contributed by atoms with Gasteiger partial charge in [-0.2, -0.15) is 0 Å². The summed E-state index contributed by atoms with van der Waals surface area (Å²) in [7, 11) is 0. The van der Waals surface area contributed by atoms with Gasteiger partial charge in [-0.1, -0.05) is 6.07 Å². The van der Waals surface area contributed by atoms with Crippen LogP contribution in [0.15, 0.2) is 23.6 Å². The Hall–Kier alpha value is -2.12. The van der Waals surface area contributed by atoms with Crippen molar-refractivity contribution in [2.75, 3.05) is 5.01 Å². The van der Waals surface area contributed by atoms with Crippen molar-refractivity contribution in [3.63, 3.8) is 0 Å². The Kier molecular flexibility index (Phi) is 2.94. The van der Waals surface area contributed by atoms with Crippen LogP contribution in [0.1, 0.15) is 10.4 Å². The van der Waals surface area contributed by atoms with Gasteiger partial charge in [0.2, 0.25) is 6.41 Å². The smallest absolute Gasteiger partial charge is 0.252 e. The number of amides is 2. The van der Waals surface area contributed by atoms with Crippen molar-refractivity contribution >= 4 is 29.5 Å². The van der Waals surface area contributed by atoms with Crippen LogP contribution >= 0.6 is 11.3 Å². The molecular formula is C10H10N4O2S. The van der Waals surface area contributed by atoms with Gasteiger partial charge in [0.05, 0.1) is 16.1 Å². The Morgan fingerprint density at radius 3 is 2.82 bits per heavy atom. The molecule has 0 radical (unpaired) electrons. The average molecular weight is 250 g/mol. The van der Waals surface area contributed by atoms with Gasteiger partial charge < -0.3 is 10.7 Å². The second kappa shape index (κ2) is 4.40. The number of thiophene rings is 1. The monoisotopic (exact) mass is 250 g/mol. The van der Waals surface area contributed by atoms with E-state index in [4.69, 9.17) is 11.6 Å². The molecule has 0 atom stereocenters. The number of H-pyrrole nitrogens is 1. The van der Waals surface area contributed by atoms with E-state index in [0.717, 1.165) is 9.89 Å². The van der Waals surface area contributed by atoms with Gasteiger partial charge in [0.1, 0.15) is 5.82 Å². The fraction of sp³-hybridized carbons (Fsp3) is 0. The van der Waals surface area contributed by atoms with Crippen molar-refractivity contribution < 1.29 is 9.59 Å². The summed E-state index contributed by atoms with van der Waals surface area (Å²) >= 11 is 1.50. The number of hydrogen-bond donors (Lipinski definition) is 3. The van der Waals surface area contributed by atoms with Gasteiger partial charge in [0, 0.05) is 0 Å². The van der Waals surface area contributed by atoms with Gasteiger partial charge >= 0.3 is 0 Å². The quantitative estimate of drug-likeness (QED) is 0.321. The maximum absolute atomic E-state index is 11.2. The maximum atomic E-state index is 11.2. The Balaban J connectivity index is 2.52. The van der Waals surface area contributed by atoms with Gasteiger partial charge in [-0.3, -0.25) is 9.59 Å². The first-order valence-electron chi connectivity index (χ1n) is 4.69. The molecule has 2 heterocycles. The summed E-state index contributed by atoms with van der Waals surface area (Å²) < 4.78 is 0. The lowest BCUT2D eigenvalue weighted by Gasteiger charge is -2.08. The summed E-state index contributed by atoms with van der Waals surface area (Å²) in [6.45, 7) is 0. The van der Waals surface area contributed by atoms with Crippen LogP contribution in [-0.4, -0.2) is 17.3 Å². The zero-order chi connectivity index (χ0) is 12.4. The molecule has 0 aliphatic rings. The standard InChI is InChI=1S/C10H10N4O2S/c11-9(16)6-4-7(8-2-1-3-17-8)13-10(6)14(12)5-15/h1-5,13H,12H2,(H2,11,16). The van der Waals surface area contributed by atoms with Crippen LogP contribution in [-0.2, 0) is 4.79 Å². The summed E-state index contributed by atoms with van der Waals surface area (Å²) in [4.78, 5) is 25.7. The van der Waals surface area contributed by atoms with E-state index >= 15 is 0 Å². The van der Waals surface area contributed by atoms with E-state index in [1.807, 2.05) is 17.5 Å². The van der Waals surface area contributed by atoms with Crippen molar-refractivity contribution in [2.24, 2.45) is 11.6 Å². The van der Waals surface area contributed by atoms with Crippen molar-refractivity contribution in [1.29, 1.82) is 0 Å². The number of nitrogens with zero attached hydrogens (tertiary/aromatic N) is 1. The molecule has 0 saturated carbocycles. The minimum atomic E-state index is -0.642. The van der Waals surface area contributed by atoms with Crippen molar-refractivity contribution in [3.8, 4) is 10.6 Å². The number of carbonyl (C=O) groups is 2. The summed E-state index contributed by atoms with van der Waals surface area (Å²) in [5, 5.41) is 2.69. The second-order valence-corrected chi connectivity index (χ2v) is 4.25. The molecule has 2 aromatic rings. The Morgan fingerprint density at radius 2 is 2.29 bits per heavy atom. The lowest BCUT2D eigenvalue weighted by molar-refractivity contribution is -0.107. The third kappa shape index (κ3) is 2.05. The molecule has 2 amide bonds.